The van der Waals surface area contributed by atoms with Crippen LogP contribution in [0, 0.1) is 0 Å². The normalized spacial score (nSPS) is 9.27. The van der Waals surface area contributed by atoms with E-state index in [0.717, 1.165) is 0 Å². The molecule has 0 saturated carbocycles. The van der Waals surface area contributed by atoms with Crippen molar-refractivity contribution in [3.8, 4) is 0 Å². The molecule has 0 radical (unpaired) electrons. The first-order valence-electron chi connectivity index (χ1n) is 2.75. The van der Waals surface area contributed by atoms with Crippen LogP contribution in [0.25, 0.3) is 0 Å². The van der Waals surface area contributed by atoms with Gasteiger partial charge >= 0.3 is 6.03 Å². The van der Waals surface area contributed by atoms with E-state index in [1.54, 1.807) is 12.1 Å². The molecule has 0 unspecified atom stereocenters. The molecule has 1 rings (SSSR count). The Morgan fingerprint density at radius 2 is 2.36 bits per heavy atom. The number of hydrogen-bond acceptors (Lipinski definition) is 3. The lowest BCUT2D eigenvalue weighted by molar-refractivity contribution is 0.252. The Hall–Kier alpha value is -0.780. The van der Waals surface area contributed by atoms with Gasteiger partial charge in [0.2, 0.25) is 0 Å². The van der Waals surface area contributed by atoms with Crippen LogP contribution >= 0.6 is 22.9 Å². The summed E-state index contributed by atoms with van der Waals surface area (Å²) >= 11 is 6.87. The van der Waals surface area contributed by atoms with Crippen LogP contribution in [-0.2, 0) is 0 Å². The lowest BCUT2D eigenvalue weighted by Gasteiger charge is -1.98. The van der Waals surface area contributed by atoms with Gasteiger partial charge in [-0.1, -0.05) is 11.6 Å². The van der Waals surface area contributed by atoms with Crippen LogP contribution in [0.15, 0.2) is 12.1 Å². The van der Waals surface area contributed by atoms with Crippen molar-refractivity contribution in [2.45, 2.75) is 0 Å². The van der Waals surface area contributed by atoms with Crippen molar-refractivity contribution >= 4 is 34.0 Å². The average Bonchev–Trinajstić information content (AvgIpc) is 2.35. The highest BCUT2D eigenvalue weighted by atomic mass is 35.5. The van der Waals surface area contributed by atoms with E-state index in [-0.39, 0.29) is 0 Å². The number of anilines is 1. The van der Waals surface area contributed by atoms with E-state index in [0.29, 0.717) is 9.34 Å². The number of nitrogens with two attached hydrogens (primary N) is 1. The largest absolute Gasteiger partial charge is 0.333 e. The number of thiophene rings is 1. The summed E-state index contributed by atoms with van der Waals surface area (Å²) in [6.07, 6.45) is 0. The standard InChI is InChI=1S/C5H6ClN3OS/c6-3-1-2-4(11-3)8-5(10)9-7/h1-2H,7H2,(H2,8,9,10). The number of halogens is 1. The summed E-state index contributed by atoms with van der Waals surface area (Å²) in [5.41, 5.74) is 1.94. The number of urea groups is 1. The third-order valence-electron chi connectivity index (χ3n) is 0.941. The van der Waals surface area contributed by atoms with Crippen molar-refractivity contribution in [3.05, 3.63) is 16.5 Å². The van der Waals surface area contributed by atoms with Gasteiger partial charge in [-0.3, -0.25) is 10.7 Å². The molecule has 4 nitrogen and oxygen atoms in total. The zero-order valence-corrected chi connectivity index (χ0v) is 7.00. The third kappa shape index (κ3) is 2.38. The van der Waals surface area contributed by atoms with Gasteiger partial charge < -0.3 is 0 Å². The molecular formula is C5H6ClN3OS. The summed E-state index contributed by atoms with van der Waals surface area (Å²) in [6.45, 7) is 0. The third-order valence-corrected chi connectivity index (χ3v) is 2.09. The molecule has 4 N–H and O–H groups in total. The lowest BCUT2D eigenvalue weighted by atomic mass is 10.6. The van der Waals surface area contributed by atoms with E-state index in [1.165, 1.54) is 11.3 Å². The van der Waals surface area contributed by atoms with Crippen LogP contribution in [0.5, 0.6) is 0 Å². The maximum absolute atomic E-state index is 10.6. The van der Waals surface area contributed by atoms with Crippen LogP contribution in [-0.4, -0.2) is 6.03 Å². The number of carbonyl (C=O) groups is 1. The Balaban J connectivity index is 2.57. The van der Waals surface area contributed by atoms with Crippen LogP contribution in [0.4, 0.5) is 9.80 Å². The minimum absolute atomic E-state index is 0.455. The average molecular weight is 192 g/mol. The van der Waals surface area contributed by atoms with Crippen molar-refractivity contribution in [3.63, 3.8) is 0 Å². The van der Waals surface area contributed by atoms with Crippen LogP contribution < -0.4 is 16.6 Å². The van der Waals surface area contributed by atoms with E-state index in [1.807, 2.05) is 5.43 Å². The number of amides is 2. The molecule has 0 aliphatic carbocycles. The lowest BCUT2D eigenvalue weighted by Crippen LogP contribution is -2.34. The van der Waals surface area contributed by atoms with Gasteiger partial charge in [-0.25, -0.2) is 10.6 Å². The van der Waals surface area contributed by atoms with Gasteiger partial charge in [-0.2, -0.15) is 0 Å². The molecule has 2 amide bonds. The number of rotatable bonds is 1. The second-order valence-electron chi connectivity index (χ2n) is 1.70. The molecule has 0 aliphatic rings. The van der Waals surface area contributed by atoms with Crippen LogP contribution in [0.1, 0.15) is 0 Å². The summed E-state index contributed by atoms with van der Waals surface area (Å²) in [5.74, 6) is 4.84. The van der Waals surface area contributed by atoms with Crippen molar-refractivity contribution in [2.24, 2.45) is 5.84 Å². The van der Waals surface area contributed by atoms with Gasteiger partial charge in [0, 0.05) is 0 Å². The minimum atomic E-state index is -0.455. The zero-order valence-electron chi connectivity index (χ0n) is 5.43. The van der Waals surface area contributed by atoms with E-state index in [2.05, 4.69) is 5.32 Å². The first-order valence-corrected chi connectivity index (χ1v) is 3.95. The Bertz CT molecular complexity index is 262. The molecule has 6 heteroatoms. The number of carbonyl (C=O) groups excluding carboxylic acids is 1. The molecule has 60 valence electrons. The quantitative estimate of drug-likeness (QED) is 0.357. The first kappa shape index (κ1) is 8.32. The van der Waals surface area contributed by atoms with Crippen molar-refractivity contribution in [2.75, 3.05) is 5.32 Å². The van der Waals surface area contributed by atoms with Gasteiger partial charge in [0.15, 0.2) is 0 Å². The van der Waals surface area contributed by atoms with E-state index < -0.39 is 6.03 Å². The predicted molar refractivity (Wildman–Crippen MR) is 45.7 cm³/mol. The zero-order chi connectivity index (χ0) is 8.27. The maximum Gasteiger partial charge on any atom is 0.333 e. The topological polar surface area (TPSA) is 67.1 Å². The summed E-state index contributed by atoms with van der Waals surface area (Å²) in [5, 5.41) is 3.14. The van der Waals surface area contributed by atoms with E-state index in [9.17, 15) is 4.79 Å². The number of hydrogen-bond donors (Lipinski definition) is 3. The highest BCUT2D eigenvalue weighted by molar-refractivity contribution is 7.20. The minimum Gasteiger partial charge on any atom is -0.298 e. The highest BCUT2D eigenvalue weighted by Crippen LogP contribution is 2.25. The predicted octanol–water partition coefficient (Wildman–Crippen LogP) is 1.40. The van der Waals surface area contributed by atoms with Gasteiger partial charge in [-0.15, -0.1) is 11.3 Å². The Kier molecular flexibility index (Phi) is 2.70. The molecule has 0 saturated heterocycles. The molecule has 1 heterocycles. The van der Waals surface area contributed by atoms with Crippen molar-refractivity contribution < 1.29 is 4.79 Å². The fraction of sp³-hybridized carbons (Fsp3) is 0. The molecule has 0 aliphatic heterocycles. The summed E-state index contributed by atoms with van der Waals surface area (Å²) in [7, 11) is 0. The molecule has 0 aromatic carbocycles. The molecule has 11 heavy (non-hydrogen) atoms. The second-order valence-corrected chi connectivity index (χ2v) is 3.42. The van der Waals surface area contributed by atoms with Gasteiger partial charge in [0.1, 0.15) is 0 Å². The smallest absolute Gasteiger partial charge is 0.298 e. The summed E-state index contributed by atoms with van der Waals surface area (Å²) in [6, 6.07) is 2.93. The second kappa shape index (κ2) is 3.56. The van der Waals surface area contributed by atoms with Crippen LogP contribution in [0.3, 0.4) is 0 Å². The number of hydrazine groups is 1. The maximum atomic E-state index is 10.6. The van der Waals surface area contributed by atoms with E-state index in [4.69, 9.17) is 17.4 Å². The van der Waals surface area contributed by atoms with Gasteiger partial charge in [0.25, 0.3) is 0 Å². The summed E-state index contributed by atoms with van der Waals surface area (Å²) < 4.78 is 0.623. The molecule has 0 atom stereocenters. The Labute approximate surface area is 72.3 Å². The van der Waals surface area contributed by atoms with Crippen molar-refractivity contribution in [1.82, 2.24) is 5.43 Å². The fourth-order valence-corrected chi connectivity index (χ4v) is 1.47. The Morgan fingerprint density at radius 1 is 1.64 bits per heavy atom. The highest BCUT2D eigenvalue weighted by Gasteiger charge is 2.00. The van der Waals surface area contributed by atoms with Gasteiger partial charge in [0.05, 0.1) is 9.34 Å². The van der Waals surface area contributed by atoms with Crippen molar-refractivity contribution in [1.29, 1.82) is 0 Å². The Morgan fingerprint density at radius 3 is 2.82 bits per heavy atom. The number of nitrogens with one attached hydrogen (secondary N) is 2. The molecular weight excluding hydrogens is 186 g/mol. The monoisotopic (exact) mass is 191 g/mol. The molecule has 1 aromatic rings. The summed E-state index contributed by atoms with van der Waals surface area (Å²) in [4.78, 5) is 10.6. The van der Waals surface area contributed by atoms with Gasteiger partial charge in [-0.05, 0) is 12.1 Å². The molecule has 0 bridgehead atoms. The molecule has 0 spiro atoms. The van der Waals surface area contributed by atoms with Crippen LogP contribution in [0.2, 0.25) is 4.34 Å². The fourth-order valence-electron chi connectivity index (χ4n) is 0.529. The molecule has 0 fully saturated rings. The van der Waals surface area contributed by atoms with E-state index >= 15 is 0 Å². The SMILES string of the molecule is NNC(=O)Nc1ccc(Cl)s1. The first-order chi connectivity index (χ1) is 5.22. The molecule has 1 aromatic heterocycles.